The second-order valence-corrected chi connectivity index (χ2v) is 5.19. The fourth-order valence-corrected chi connectivity index (χ4v) is 3.04. The van der Waals surface area contributed by atoms with E-state index in [1.807, 2.05) is 36.7 Å². The molecule has 3 aromatic rings. The number of anilines is 1. The molecule has 0 amide bonds. The third kappa shape index (κ3) is 2.15. The molecule has 5 heteroatoms. The van der Waals surface area contributed by atoms with Crippen LogP contribution >= 0.6 is 0 Å². The molecule has 1 N–H and O–H groups in total. The van der Waals surface area contributed by atoms with Crippen LogP contribution in [0, 0.1) is 0 Å². The average Bonchev–Trinajstić information content (AvgIpc) is 2.89. The maximum atomic E-state index is 4.47. The average molecular weight is 303 g/mol. The summed E-state index contributed by atoms with van der Waals surface area (Å²) in [4.78, 5) is 4.03. The summed E-state index contributed by atoms with van der Waals surface area (Å²) < 4.78 is 8.85. The van der Waals surface area contributed by atoms with Gasteiger partial charge in [0, 0.05) is 0 Å². The van der Waals surface area contributed by atoms with Gasteiger partial charge in [-0.2, -0.15) is 0 Å². The number of aromatic nitrogens is 3. The van der Waals surface area contributed by atoms with Crippen LogP contribution in [0.1, 0.15) is 18.5 Å². The summed E-state index contributed by atoms with van der Waals surface area (Å²) in [5, 5.41) is 3.49. The van der Waals surface area contributed by atoms with E-state index in [9.17, 15) is 0 Å². The number of hydrogen-bond donors (Lipinski definition) is 1. The van der Waals surface area contributed by atoms with Gasteiger partial charge in [-0.1, -0.05) is 0 Å². The van der Waals surface area contributed by atoms with E-state index >= 15 is 0 Å². The second-order valence-electron chi connectivity index (χ2n) is 4.08. The summed E-state index contributed by atoms with van der Waals surface area (Å²) in [6.07, 6.45) is 3.62. The van der Waals surface area contributed by atoms with Crippen molar-refractivity contribution in [1.82, 2.24) is 12.9 Å². The monoisotopic (exact) mass is 304 g/mol. The quantitative estimate of drug-likeness (QED) is 0.754. The molecule has 0 aliphatic rings. The predicted octanol–water partition coefficient (Wildman–Crippen LogP) is 2.25. The Morgan fingerprint density at radius 2 is 1.94 bits per heavy atom. The summed E-state index contributed by atoms with van der Waals surface area (Å²) >= 11 is 0.0139. The van der Waals surface area contributed by atoms with Crippen molar-refractivity contribution in [3.05, 3.63) is 48.3 Å². The fraction of sp³-hybridized carbons (Fsp3) is 0.154. The zero-order valence-electron chi connectivity index (χ0n) is 9.87. The van der Waals surface area contributed by atoms with Gasteiger partial charge in [0.15, 0.2) is 0 Å². The number of rotatable bonds is 3. The van der Waals surface area contributed by atoms with Gasteiger partial charge in [0.25, 0.3) is 0 Å². The van der Waals surface area contributed by atoms with Gasteiger partial charge in [0.2, 0.25) is 0 Å². The summed E-state index contributed by atoms with van der Waals surface area (Å²) in [5.74, 6) is 0. The maximum absolute atomic E-state index is 4.47. The van der Waals surface area contributed by atoms with E-state index in [2.05, 4.69) is 31.2 Å². The zero-order chi connectivity index (χ0) is 12.4. The molecular weight excluding hydrogens is 291 g/mol. The van der Waals surface area contributed by atoms with Crippen LogP contribution in [0.25, 0.3) is 11.0 Å². The van der Waals surface area contributed by atoms with E-state index in [1.165, 1.54) is 5.56 Å². The SMILES string of the molecule is CC(Nc1cccc2n[se]nc12)c1ccncc1. The van der Waals surface area contributed by atoms with E-state index in [0.717, 1.165) is 16.7 Å². The van der Waals surface area contributed by atoms with Gasteiger partial charge in [-0.05, 0) is 0 Å². The van der Waals surface area contributed by atoms with E-state index < -0.39 is 0 Å². The van der Waals surface area contributed by atoms with Crippen LogP contribution in [-0.2, 0) is 0 Å². The Morgan fingerprint density at radius 3 is 2.78 bits per heavy atom. The first-order chi connectivity index (χ1) is 8.84. The Hall–Kier alpha value is -1.71. The van der Waals surface area contributed by atoms with Crippen LogP contribution in [0.5, 0.6) is 0 Å². The fourth-order valence-electron chi connectivity index (χ4n) is 1.89. The van der Waals surface area contributed by atoms with Gasteiger partial charge in [-0.25, -0.2) is 0 Å². The molecule has 0 radical (unpaired) electrons. The molecule has 0 bridgehead atoms. The van der Waals surface area contributed by atoms with E-state index in [4.69, 9.17) is 0 Å². The van der Waals surface area contributed by atoms with Crippen molar-refractivity contribution in [3.63, 3.8) is 0 Å². The third-order valence-electron chi connectivity index (χ3n) is 2.86. The molecule has 2 aromatic heterocycles. The molecule has 90 valence electrons. The first kappa shape index (κ1) is 11.4. The number of hydrogen-bond acceptors (Lipinski definition) is 4. The van der Waals surface area contributed by atoms with E-state index in [1.54, 1.807) is 0 Å². The Kier molecular flexibility index (Phi) is 3.09. The van der Waals surface area contributed by atoms with Gasteiger partial charge in [0.1, 0.15) is 0 Å². The van der Waals surface area contributed by atoms with Crippen molar-refractivity contribution in [2.24, 2.45) is 0 Å². The topological polar surface area (TPSA) is 50.7 Å². The van der Waals surface area contributed by atoms with Crippen molar-refractivity contribution >= 4 is 31.7 Å². The molecule has 2 heterocycles. The Labute approximate surface area is 111 Å². The number of nitrogens with zero attached hydrogens (tertiary/aromatic N) is 3. The molecule has 0 saturated heterocycles. The number of pyridine rings is 1. The van der Waals surface area contributed by atoms with Gasteiger partial charge in [-0.15, -0.1) is 0 Å². The number of fused-ring (bicyclic) bond motifs is 1. The van der Waals surface area contributed by atoms with Gasteiger partial charge in [-0.3, -0.25) is 0 Å². The van der Waals surface area contributed by atoms with Crippen LogP contribution in [0.3, 0.4) is 0 Å². The van der Waals surface area contributed by atoms with Crippen LogP contribution in [0.15, 0.2) is 42.7 Å². The Bertz CT molecular complexity index is 650. The van der Waals surface area contributed by atoms with Gasteiger partial charge < -0.3 is 0 Å². The van der Waals surface area contributed by atoms with Crippen molar-refractivity contribution in [2.45, 2.75) is 13.0 Å². The summed E-state index contributed by atoms with van der Waals surface area (Å²) in [6.45, 7) is 2.13. The van der Waals surface area contributed by atoms with Crippen molar-refractivity contribution in [3.8, 4) is 0 Å². The van der Waals surface area contributed by atoms with Crippen molar-refractivity contribution in [1.29, 1.82) is 0 Å². The van der Waals surface area contributed by atoms with Crippen LogP contribution in [-0.4, -0.2) is 27.9 Å². The standard InChI is InChI=1S/C13H12N4Se/c1-9(10-5-7-14-8-6-10)15-11-3-2-4-12-13(11)17-18-16-12/h2-9,15H,1H3. The molecular formula is C13H12N4Se. The molecule has 18 heavy (non-hydrogen) atoms. The van der Waals surface area contributed by atoms with Crippen LogP contribution < -0.4 is 5.32 Å². The molecule has 0 saturated carbocycles. The van der Waals surface area contributed by atoms with E-state index in [0.29, 0.717) is 0 Å². The molecule has 3 rings (SSSR count). The third-order valence-corrected chi connectivity index (χ3v) is 4.00. The number of benzene rings is 1. The number of nitrogens with one attached hydrogen (secondary N) is 1. The van der Waals surface area contributed by atoms with Crippen LogP contribution in [0.2, 0.25) is 0 Å². The normalized spacial score (nSPS) is 12.5. The summed E-state index contributed by atoms with van der Waals surface area (Å²) in [7, 11) is 0. The Balaban J connectivity index is 1.91. The Morgan fingerprint density at radius 1 is 1.11 bits per heavy atom. The minimum atomic E-state index is 0.0139. The van der Waals surface area contributed by atoms with Gasteiger partial charge >= 0.3 is 111 Å². The molecule has 0 fully saturated rings. The van der Waals surface area contributed by atoms with Crippen molar-refractivity contribution < 1.29 is 0 Å². The summed E-state index contributed by atoms with van der Waals surface area (Å²) in [6, 6.07) is 10.3. The summed E-state index contributed by atoms with van der Waals surface area (Å²) in [5.41, 5.74) is 4.27. The molecule has 4 nitrogen and oxygen atoms in total. The molecule has 0 spiro atoms. The zero-order valence-corrected chi connectivity index (χ0v) is 11.6. The minimum absolute atomic E-state index is 0.0139. The van der Waals surface area contributed by atoms with E-state index in [-0.39, 0.29) is 21.0 Å². The molecule has 1 atom stereocenters. The second kappa shape index (κ2) is 4.88. The molecule has 0 aliphatic carbocycles. The van der Waals surface area contributed by atoms with Gasteiger partial charge in [0.05, 0.1) is 0 Å². The molecule has 1 unspecified atom stereocenters. The van der Waals surface area contributed by atoms with Crippen molar-refractivity contribution in [2.75, 3.05) is 5.32 Å². The first-order valence-electron chi connectivity index (χ1n) is 5.72. The molecule has 1 aromatic carbocycles. The molecule has 0 aliphatic heterocycles. The predicted molar refractivity (Wildman–Crippen MR) is 72.8 cm³/mol. The first-order valence-corrected chi connectivity index (χ1v) is 7.25. The van der Waals surface area contributed by atoms with Crippen LogP contribution in [0.4, 0.5) is 5.69 Å².